The predicted octanol–water partition coefficient (Wildman–Crippen LogP) is 5.60. The Labute approximate surface area is 169 Å². The first-order valence-electron chi connectivity index (χ1n) is 11.4. The summed E-state index contributed by atoms with van der Waals surface area (Å²) in [7, 11) is 0. The average molecular weight is 395 g/mol. The first-order chi connectivity index (χ1) is 13.4. The number of hydrogen-bond acceptors (Lipinski definition) is 3. The van der Waals surface area contributed by atoms with Gasteiger partial charge in [-0.05, 0) is 50.9 Å². The van der Waals surface area contributed by atoms with Gasteiger partial charge in [-0.3, -0.25) is 14.4 Å². The van der Waals surface area contributed by atoms with Crippen LogP contribution in [0.5, 0.6) is 0 Å². The molecule has 160 valence electrons. The number of carboxylic acids is 2. The van der Waals surface area contributed by atoms with Crippen molar-refractivity contribution in [3.8, 4) is 0 Å². The van der Waals surface area contributed by atoms with Crippen molar-refractivity contribution in [3.63, 3.8) is 0 Å². The van der Waals surface area contributed by atoms with Crippen LogP contribution in [-0.4, -0.2) is 27.9 Å². The quantitative estimate of drug-likeness (QED) is 0.397. The summed E-state index contributed by atoms with van der Waals surface area (Å²) in [6, 6.07) is 0. The summed E-state index contributed by atoms with van der Waals surface area (Å²) in [6.45, 7) is 2.12. The first kappa shape index (κ1) is 22.9. The van der Waals surface area contributed by atoms with E-state index in [9.17, 15) is 24.6 Å². The molecule has 2 N–H and O–H groups in total. The molecule has 0 aromatic heterocycles. The number of rotatable bonds is 13. The number of carbonyl (C=O) groups excluding carboxylic acids is 1. The molecule has 5 heteroatoms. The highest BCUT2D eigenvalue weighted by Gasteiger charge is 2.59. The monoisotopic (exact) mass is 394 g/mol. The average Bonchev–Trinajstić information content (AvgIpc) is 3.33. The molecule has 2 fully saturated rings. The Kier molecular flexibility index (Phi) is 8.51. The minimum atomic E-state index is -0.895. The van der Waals surface area contributed by atoms with Gasteiger partial charge >= 0.3 is 11.9 Å². The summed E-state index contributed by atoms with van der Waals surface area (Å²) in [5.41, 5.74) is -1.79. The van der Waals surface area contributed by atoms with Gasteiger partial charge in [0, 0.05) is 12.8 Å². The van der Waals surface area contributed by atoms with Gasteiger partial charge in [0.25, 0.3) is 0 Å². The number of unbranched alkanes of at least 4 members (excludes halogenated alkanes) is 3. The number of carbonyl (C=O) groups is 3. The maximum absolute atomic E-state index is 12.3. The maximum Gasteiger partial charge on any atom is 0.309 e. The number of ketones is 1. The van der Waals surface area contributed by atoms with E-state index >= 15 is 0 Å². The molecule has 2 aliphatic rings. The third-order valence-electron chi connectivity index (χ3n) is 7.44. The topological polar surface area (TPSA) is 91.7 Å². The van der Waals surface area contributed by atoms with Crippen molar-refractivity contribution in [2.45, 2.75) is 110 Å². The Morgan fingerprint density at radius 3 is 1.57 bits per heavy atom. The van der Waals surface area contributed by atoms with E-state index in [0.29, 0.717) is 44.9 Å². The third kappa shape index (κ3) is 4.96. The number of aliphatic carboxylic acids is 2. The molecule has 0 amide bonds. The molecule has 0 aliphatic heterocycles. The van der Waals surface area contributed by atoms with Gasteiger partial charge < -0.3 is 10.2 Å². The minimum absolute atomic E-state index is 0.285. The fourth-order valence-corrected chi connectivity index (χ4v) is 5.88. The number of carboxylic acid groups (broad SMARTS) is 2. The van der Waals surface area contributed by atoms with Crippen LogP contribution in [0.4, 0.5) is 0 Å². The predicted molar refractivity (Wildman–Crippen MR) is 108 cm³/mol. The Bertz CT molecular complexity index is 507. The van der Waals surface area contributed by atoms with E-state index in [0.717, 1.165) is 57.8 Å². The lowest BCUT2D eigenvalue weighted by Gasteiger charge is -2.44. The van der Waals surface area contributed by atoms with E-state index in [1.807, 2.05) is 0 Å². The zero-order valence-corrected chi connectivity index (χ0v) is 17.5. The molecule has 0 aromatic carbocycles. The molecular weight excluding hydrogens is 356 g/mol. The van der Waals surface area contributed by atoms with Crippen molar-refractivity contribution < 1.29 is 24.6 Å². The van der Waals surface area contributed by atoms with Crippen LogP contribution >= 0.6 is 0 Å². The van der Waals surface area contributed by atoms with Crippen LogP contribution < -0.4 is 0 Å². The molecule has 2 aliphatic carbocycles. The van der Waals surface area contributed by atoms with Crippen LogP contribution in [-0.2, 0) is 14.4 Å². The summed E-state index contributed by atoms with van der Waals surface area (Å²) < 4.78 is 0. The molecule has 0 bridgehead atoms. The zero-order valence-electron chi connectivity index (χ0n) is 17.5. The number of Topliss-reactive ketones (excluding diaryl/α,β-unsaturated/α-hetero) is 1. The second-order valence-electron chi connectivity index (χ2n) is 9.13. The highest BCUT2D eigenvalue weighted by molar-refractivity contribution is 5.80. The lowest BCUT2D eigenvalue weighted by molar-refractivity contribution is -0.167. The van der Waals surface area contributed by atoms with E-state index in [4.69, 9.17) is 0 Å². The first-order valence-corrected chi connectivity index (χ1v) is 11.4. The van der Waals surface area contributed by atoms with Crippen LogP contribution in [0.1, 0.15) is 110 Å². The molecule has 5 nitrogen and oxygen atoms in total. The van der Waals surface area contributed by atoms with E-state index in [2.05, 4.69) is 6.92 Å². The van der Waals surface area contributed by atoms with Gasteiger partial charge in [0.15, 0.2) is 0 Å². The Morgan fingerprint density at radius 2 is 1.18 bits per heavy atom. The van der Waals surface area contributed by atoms with Gasteiger partial charge in [-0.1, -0.05) is 51.9 Å². The van der Waals surface area contributed by atoms with Crippen molar-refractivity contribution in [3.05, 3.63) is 0 Å². The molecule has 0 aromatic rings. The van der Waals surface area contributed by atoms with Crippen molar-refractivity contribution in [1.82, 2.24) is 0 Å². The molecule has 0 atom stereocenters. The molecule has 2 saturated carbocycles. The molecule has 0 radical (unpaired) electrons. The normalized spacial score (nSPS) is 20.5. The standard InChI is InChI=1S/C23H38O5/c1-2-3-4-11-18(24)12-5-6-13-19(22(20(25)26)14-7-8-15-22)23(21(27)28)16-9-10-17-23/h19H,2-17H2,1H3,(H,25,26)(H,27,28). The molecule has 0 unspecified atom stereocenters. The Morgan fingerprint density at radius 1 is 0.750 bits per heavy atom. The SMILES string of the molecule is CCCCCC(=O)CCCCC(C1(C(=O)O)CCCC1)C1(C(=O)O)CCCC1. The molecule has 2 rings (SSSR count). The van der Waals surface area contributed by atoms with Gasteiger partial charge in [-0.2, -0.15) is 0 Å². The van der Waals surface area contributed by atoms with Crippen LogP contribution in [0.3, 0.4) is 0 Å². The molecule has 0 spiro atoms. The fourth-order valence-electron chi connectivity index (χ4n) is 5.88. The summed E-state index contributed by atoms with van der Waals surface area (Å²) in [5, 5.41) is 20.2. The van der Waals surface area contributed by atoms with Crippen molar-refractivity contribution in [1.29, 1.82) is 0 Å². The number of hydrogen-bond donors (Lipinski definition) is 2. The summed E-state index contributed by atoms with van der Waals surface area (Å²) in [4.78, 5) is 36.7. The van der Waals surface area contributed by atoms with Crippen LogP contribution in [0.25, 0.3) is 0 Å². The third-order valence-corrected chi connectivity index (χ3v) is 7.44. The second kappa shape index (κ2) is 10.4. The molecule has 0 saturated heterocycles. The zero-order chi connectivity index (χ0) is 20.6. The maximum atomic E-state index is 12.3. The Hall–Kier alpha value is -1.39. The van der Waals surface area contributed by atoms with Gasteiger partial charge in [-0.15, -0.1) is 0 Å². The van der Waals surface area contributed by atoms with E-state index in [-0.39, 0.29) is 11.7 Å². The Balaban J connectivity index is 2.06. The van der Waals surface area contributed by atoms with Crippen molar-refractivity contribution in [2.75, 3.05) is 0 Å². The minimum Gasteiger partial charge on any atom is -0.481 e. The summed E-state index contributed by atoms with van der Waals surface area (Å²) in [6.07, 6.45) is 12.3. The van der Waals surface area contributed by atoms with E-state index in [1.54, 1.807) is 0 Å². The molecule has 0 heterocycles. The van der Waals surface area contributed by atoms with Crippen LogP contribution in [0.15, 0.2) is 0 Å². The second-order valence-corrected chi connectivity index (χ2v) is 9.13. The van der Waals surface area contributed by atoms with Crippen LogP contribution in [0, 0.1) is 16.7 Å². The van der Waals surface area contributed by atoms with Gasteiger partial charge in [0.2, 0.25) is 0 Å². The largest absolute Gasteiger partial charge is 0.481 e. The van der Waals surface area contributed by atoms with Gasteiger partial charge in [0.05, 0.1) is 10.8 Å². The highest BCUT2D eigenvalue weighted by atomic mass is 16.4. The van der Waals surface area contributed by atoms with E-state index < -0.39 is 22.8 Å². The lowest BCUT2D eigenvalue weighted by Crippen LogP contribution is -2.49. The molecule has 28 heavy (non-hydrogen) atoms. The van der Waals surface area contributed by atoms with Gasteiger partial charge in [-0.25, -0.2) is 0 Å². The van der Waals surface area contributed by atoms with E-state index in [1.165, 1.54) is 0 Å². The van der Waals surface area contributed by atoms with Crippen LogP contribution in [0.2, 0.25) is 0 Å². The smallest absolute Gasteiger partial charge is 0.309 e. The van der Waals surface area contributed by atoms with Crippen molar-refractivity contribution in [2.24, 2.45) is 16.7 Å². The summed E-state index contributed by atoms with van der Waals surface area (Å²) >= 11 is 0. The van der Waals surface area contributed by atoms with Gasteiger partial charge in [0.1, 0.15) is 5.78 Å². The van der Waals surface area contributed by atoms with Crippen molar-refractivity contribution >= 4 is 17.7 Å². The lowest BCUT2D eigenvalue weighted by atomic mass is 9.58. The molecular formula is C23H38O5. The highest BCUT2D eigenvalue weighted by Crippen LogP contribution is 2.58. The summed E-state index contributed by atoms with van der Waals surface area (Å²) in [5.74, 6) is -1.65. The fraction of sp³-hybridized carbons (Fsp3) is 0.870.